The van der Waals surface area contributed by atoms with Crippen LogP contribution in [-0.2, 0) is 19.1 Å². The van der Waals surface area contributed by atoms with Gasteiger partial charge in [-0.25, -0.2) is 9.59 Å². The third-order valence-corrected chi connectivity index (χ3v) is 6.73. The first-order chi connectivity index (χ1) is 17.8. The Morgan fingerprint density at radius 2 is 1.82 bits per heavy atom. The third-order valence-electron chi connectivity index (χ3n) is 6.73. The number of carbonyl (C=O) groups is 3. The van der Waals surface area contributed by atoms with E-state index < -0.39 is 18.0 Å². The standard InChI is InChI=1S/C32H46O6/c1-8-27(15-16-28-13-10-14-30(35)38-28)19-22(3)12-9-11-21(2)17-24(5)31(36)26(7)32(37)25(6)18-23(4)20-29(33)34/h9-11,14-17,19-20,22,24-26,28,32,37H,8,12-13,18H2,1-7H3,(H,33,34). The van der Waals surface area contributed by atoms with Crippen LogP contribution in [-0.4, -0.2) is 40.1 Å². The Bertz CT molecular complexity index is 993. The van der Waals surface area contributed by atoms with Crippen LogP contribution in [0.15, 0.2) is 71.4 Å². The molecule has 0 aromatic heterocycles. The van der Waals surface area contributed by atoms with E-state index in [9.17, 15) is 19.5 Å². The van der Waals surface area contributed by atoms with Gasteiger partial charge in [-0.1, -0.05) is 87.8 Å². The number of aliphatic hydroxyl groups is 1. The maximum absolute atomic E-state index is 12.9. The fourth-order valence-electron chi connectivity index (χ4n) is 4.58. The fourth-order valence-corrected chi connectivity index (χ4v) is 4.58. The first-order valence-corrected chi connectivity index (χ1v) is 13.6. The van der Waals surface area contributed by atoms with Crippen molar-refractivity contribution < 1.29 is 29.3 Å². The zero-order valence-electron chi connectivity index (χ0n) is 24.0. The molecule has 6 atom stereocenters. The number of aliphatic carboxylic acids is 1. The molecule has 0 amide bonds. The lowest BCUT2D eigenvalue weighted by Gasteiger charge is -2.25. The summed E-state index contributed by atoms with van der Waals surface area (Å²) < 4.78 is 5.28. The van der Waals surface area contributed by atoms with Crippen molar-refractivity contribution in [3.8, 4) is 0 Å². The Morgan fingerprint density at radius 3 is 2.42 bits per heavy atom. The molecule has 0 aromatic rings. The molecule has 6 unspecified atom stereocenters. The summed E-state index contributed by atoms with van der Waals surface area (Å²) in [6.45, 7) is 13.3. The lowest BCUT2D eigenvalue weighted by Crippen LogP contribution is -2.34. The Kier molecular flexibility index (Phi) is 14.6. The van der Waals surface area contributed by atoms with Gasteiger partial charge in [-0.3, -0.25) is 4.79 Å². The number of ether oxygens (including phenoxy) is 1. The molecule has 0 saturated carbocycles. The Morgan fingerprint density at radius 1 is 1.13 bits per heavy atom. The van der Waals surface area contributed by atoms with Gasteiger partial charge in [0.2, 0.25) is 0 Å². The molecule has 0 radical (unpaired) electrons. The van der Waals surface area contributed by atoms with Crippen LogP contribution >= 0.6 is 0 Å². The summed E-state index contributed by atoms with van der Waals surface area (Å²) in [7, 11) is 0. The van der Waals surface area contributed by atoms with Gasteiger partial charge in [0.15, 0.2) is 0 Å². The Labute approximate surface area is 228 Å². The highest BCUT2D eigenvalue weighted by atomic mass is 16.5. The predicted octanol–water partition coefficient (Wildman–Crippen LogP) is 6.54. The number of carboxylic acids is 1. The van der Waals surface area contributed by atoms with Crippen LogP contribution in [0.25, 0.3) is 0 Å². The first kappa shape index (κ1) is 33.0. The lowest BCUT2D eigenvalue weighted by atomic mass is 9.83. The van der Waals surface area contributed by atoms with E-state index in [0.717, 1.165) is 24.5 Å². The van der Waals surface area contributed by atoms with Crippen LogP contribution in [0.1, 0.15) is 74.1 Å². The summed E-state index contributed by atoms with van der Waals surface area (Å²) in [4.78, 5) is 35.1. The fraction of sp³-hybridized carbons (Fsp3) is 0.531. The number of carboxylic acid groups (broad SMARTS) is 1. The lowest BCUT2D eigenvalue weighted by molar-refractivity contribution is -0.141. The number of cyclic esters (lactones) is 1. The molecule has 0 fully saturated rings. The van der Waals surface area contributed by atoms with E-state index in [1.807, 2.05) is 51.2 Å². The number of esters is 1. The molecular formula is C32H46O6. The van der Waals surface area contributed by atoms with Crippen molar-refractivity contribution in [1.29, 1.82) is 0 Å². The number of aliphatic hydroxyl groups excluding tert-OH is 1. The number of carbonyl (C=O) groups excluding carboxylic acids is 2. The van der Waals surface area contributed by atoms with Gasteiger partial charge in [0, 0.05) is 30.4 Å². The molecular weight excluding hydrogens is 480 g/mol. The molecule has 38 heavy (non-hydrogen) atoms. The molecule has 0 aliphatic carbocycles. The number of allylic oxidation sites excluding steroid dienone is 8. The first-order valence-electron chi connectivity index (χ1n) is 13.6. The highest BCUT2D eigenvalue weighted by molar-refractivity contribution is 5.85. The summed E-state index contributed by atoms with van der Waals surface area (Å²) in [6.07, 6.45) is 18.5. The molecule has 1 aliphatic heterocycles. The van der Waals surface area contributed by atoms with Crippen molar-refractivity contribution >= 4 is 17.7 Å². The SMILES string of the molecule is CCC(C=CC1CC=CC(=O)O1)=CC(C)CC=CC(C)=CC(C)C(=O)C(C)C(O)C(C)CC(C)=CC(=O)O. The number of ketones is 1. The maximum Gasteiger partial charge on any atom is 0.331 e. The summed E-state index contributed by atoms with van der Waals surface area (Å²) >= 11 is 0. The smallest absolute Gasteiger partial charge is 0.331 e. The van der Waals surface area contributed by atoms with Gasteiger partial charge in [0.05, 0.1) is 6.10 Å². The predicted molar refractivity (Wildman–Crippen MR) is 152 cm³/mol. The van der Waals surface area contributed by atoms with Gasteiger partial charge in [0.1, 0.15) is 11.9 Å². The highest BCUT2D eigenvalue weighted by Crippen LogP contribution is 2.24. The zero-order chi connectivity index (χ0) is 28.8. The molecule has 0 saturated heterocycles. The minimum atomic E-state index is -1.01. The van der Waals surface area contributed by atoms with Crippen molar-refractivity contribution in [1.82, 2.24) is 0 Å². The van der Waals surface area contributed by atoms with Crippen LogP contribution < -0.4 is 0 Å². The largest absolute Gasteiger partial charge is 0.478 e. The topological polar surface area (TPSA) is 101 Å². The van der Waals surface area contributed by atoms with Crippen LogP contribution in [0.2, 0.25) is 0 Å². The molecule has 0 bridgehead atoms. The minimum Gasteiger partial charge on any atom is -0.478 e. The number of hydrogen-bond acceptors (Lipinski definition) is 5. The molecule has 2 N–H and O–H groups in total. The van der Waals surface area contributed by atoms with Gasteiger partial charge < -0.3 is 14.9 Å². The van der Waals surface area contributed by atoms with Crippen LogP contribution in [0.4, 0.5) is 0 Å². The molecule has 210 valence electrons. The number of rotatable bonds is 15. The van der Waals surface area contributed by atoms with E-state index in [2.05, 4.69) is 26.0 Å². The quantitative estimate of drug-likeness (QED) is 0.143. The summed E-state index contributed by atoms with van der Waals surface area (Å²) in [6, 6.07) is 0. The number of Topliss-reactive ketones (excluding diaryl/α,β-unsaturated/α-hetero) is 1. The average Bonchev–Trinajstić information content (AvgIpc) is 2.84. The molecule has 1 aliphatic rings. The Hall–Kier alpha value is -2.99. The van der Waals surface area contributed by atoms with Crippen LogP contribution in [0.5, 0.6) is 0 Å². The molecule has 0 spiro atoms. The van der Waals surface area contributed by atoms with Crippen LogP contribution in [0.3, 0.4) is 0 Å². The average molecular weight is 527 g/mol. The Balaban J connectivity index is 2.66. The highest BCUT2D eigenvalue weighted by Gasteiger charge is 2.29. The van der Waals surface area contributed by atoms with Crippen molar-refractivity contribution in [2.24, 2.45) is 23.7 Å². The number of hydrogen-bond donors (Lipinski definition) is 2. The molecule has 6 nitrogen and oxygen atoms in total. The monoisotopic (exact) mass is 526 g/mol. The van der Waals surface area contributed by atoms with Gasteiger partial charge in [-0.15, -0.1) is 0 Å². The minimum absolute atomic E-state index is 0.0354. The van der Waals surface area contributed by atoms with Gasteiger partial charge >= 0.3 is 11.9 Å². The van der Waals surface area contributed by atoms with E-state index in [-0.39, 0.29) is 29.7 Å². The van der Waals surface area contributed by atoms with E-state index in [0.29, 0.717) is 24.3 Å². The molecule has 6 heteroatoms. The molecule has 1 heterocycles. The third kappa shape index (κ3) is 12.5. The van der Waals surface area contributed by atoms with Crippen molar-refractivity contribution in [2.45, 2.75) is 86.4 Å². The van der Waals surface area contributed by atoms with Gasteiger partial charge in [-0.2, -0.15) is 0 Å². The van der Waals surface area contributed by atoms with E-state index in [1.165, 1.54) is 11.6 Å². The van der Waals surface area contributed by atoms with Gasteiger partial charge in [-0.05, 0) is 51.0 Å². The molecule has 1 rings (SSSR count). The normalized spacial score (nSPS) is 21.3. The van der Waals surface area contributed by atoms with E-state index in [4.69, 9.17) is 9.84 Å². The summed E-state index contributed by atoms with van der Waals surface area (Å²) in [5.41, 5.74) is 2.84. The van der Waals surface area contributed by atoms with Gasteiger partial charge in [0.25, 0.3) is 0 Å². The second-order valence-electron chi connectivity index (χ2n) is 10.6. The summed E-state index contributed by atoms with van der Waals surface area (Å²) in [5.74, 6) is -2.15. The van der Waals surface area contributed by atoms with Crippen LogP contribution in [0, 0.1) is 23.7 Å². The molecule has 0 aromatic carbocycles. The second kappa shape index (κ2) is 16.8. The van der Waals surface area contributed by atoms with Crippen molar-refractivity contribution in [3.05, 3.63) is 71.4 Å². The summed E-state index contributed by atoms with van der Waals surface area (Å²) in [5, 5.41) is 19.6. The second-order valence-corrected chi connectivity index (χ2v) is 10.6. The van der Waals surface area contributed by atoms with Crippen molar-refractivity contribution in [2.75, 3.05) is 0 Å². The van der Waals surface area contributed by atoms with Crippen molar-refractivity contribution in [3.63, 3.8) is 0 Å². The van der Waals surface area contributed by atoms with E-state index in [1.54, 1.807) is 13.8 Å². The van der Waals surface area contributed by atoms with E-state index >= 15 is 0 Å². The zero-order valence-corrected chi connectivity index (χ0v) is 24.0. The maximum atomic E-state index is 12.9.